The molecule has 0 saturated carbocycles. The third kappa shape index (κ3) is 3.91. The number of ether oxygens (including phenoxy) is 2. The van der Waals surface area contributed by atoms with Crippen molar-refractivity contribution < 1.29 is 9.47 Å². The summed E-state index contributed by atoms with van der Waals surface area (Å²) in [5.41, 5.74) is 1.95. The molecule has 3 rings (SSSR count). The molecule has 0 atom stereocenters. The maximum atomic E-state index is 5.54. The van der Waals surface area contributed by atoms with Crippen molar-refractivity contribution in [3.63, 3.8) is 0 Å². The summed E-state index contributed by atoms with van der Waals surface area (Å²) in [5.74, 6) is 3.19. The monoisotopic (exact) mass is 367 g/mol. The van der Waals surface area contributed by atoms with Gasteiger partial charge in [-0.1, -0.05) is 17.8 Å². The van der Waals surface area contributed by atoms with Crippen LogP contribution in [-0.2, 0) is 0 Å². The van der Waals surface area contributed by atoms with Gasteiger partial charge >= 0.3 is 0 Å². The second-order valence-electron chi connectivity index (χ2n) is 5.40. The van der Waals surface area contributed by atoms with E-state index in [2.05, 4.69) is 16.8 Å². The number of benzene rings is 2. The van der Waals surface area contributed by atoms with Crippen molar-refractivity contribution in [3.05, 3.63) is 61.2 Å². The average molecular weight is 367 g/mol. The van der Waals surface area contributed by atoms with E-state index < -0.39 is 0 Å². The molecule has 0 N–H and O–H groups in total. The number of rotatable bonds is 8. The topological polar surface area (TPSA) is 49.2 Å². The first kappa shape index (κ1) is 18.1. The quantitative estimate of drug-likeness (QED) is 0.429. The molecule has 0 spiro atoms. The fraction of sp³-hybridized carbons (Fsp3) is 0.200. The third-order valence-electron chi connectivity index (χ3n) is 3.72. The van der Waals surface area contributed by atoms with Crippen LogP contribution in [0.3, 0.4) is 0 Å². The molecule has 0 unspecified atom stereocenters. The highest BCUT2D eigenvalue weighted by Gasteiger charge is 2.16. The summed E-state index contributed by atoms with van der Waals surface area (Å²) in [6.07, 6.45) is 1.86. The van der Waals surface area contributed by atoms with Crippen LogP contribution in [0.4, 0.5) is 0 Å². The van der Waals surface area contributed by atoms with Crippen molar-refractivity contribution in [2.24, 2.45) is 0 Å². The fourth-order valence-electron chi connectivity index (χ4n) is 2.51. The summed E-state index contributed by atoms with van der Waals surface area (Å²) in [4.78, 5) is 0. The lowest BCUT2D eigenvalue weighted by atomic mass is 10.2. The van der Waals surface area contributed by atoms with Crippen LogP contribution >= 0.6 is 11.8 Å². The Balaban J connectivity index is 2.04. The second kappa shape index (κ2) is 8.58. The molecule has 0 aliphatic heterocycles. The molecule has 0 aliphatic carbocycles. The van der Waals surface area contributed by atoms with Gasteiger partial charge in [-0.3, -0.25) is 4.57 Å². The molecule has 1 aromatic heterocycles. The average Bonchev–Trinajstić information content (AvgIpc) is 3.11. The Hall–Kier alpha value is -2.73. The van der Waals surface area contributed by atoms with Crippen molar-refractivity contribution in [1.29, 1.82) is 0 Å². The van der Waals surface area contributed by atoms with Gasteiger partial charge in [0.05, 0.1) is 13.7 Å². The Kier molecular flexibility index (Phi) is 5.96. The van der Waals surface area contributed by atoms with Crippen molar-refractivity contribution in [1.82, 2.24) is 14.8 Å². The molecule has 0 amide bonds. The predicted octanol–water partition coefficient (Wildman–Crippen LogP) is 4.62. The molecule has 6 heteroatoms. The molecular weight excluding hydrogens is 346 g/mol. The highest BCUT2D eigenvalue weighted by molar-refractivity contribution is 7.99. The van der Waals surface area contributed by atoms with Crippen LogP contribution in [0, 0.1) is 0 Å². The second-order valence-corrected chi connectivity index (χ2v) is 6.38. The molecule has 2 aromatic carbocycles. The molecule has 134 valence electrons. The highest BCUT2D eigenvalue weighted by atomic mass is 32.2. The van der Waals surface area contributed by atoms with Gasteiger partial charge in [0.2, 0.25) is 0 Å². The van der Waals surface area contributed by atoms with E-state index in [0.29, 0.717) is 6.61 Å². The van der Waals surface area contributed by atoms with Gasteiger partial charge in [-0.15, -0.1) is 16.8 Å². The smallest absolute Gasteiger partial charge is 0.196 e. The van der Waals surface area contributed by atoms with E-state index in [9.17, 15) is 0 Å². The summed E-state index contributed by atoms with van der Waals surface area (Å²) in [5, 5.41) is 9.61. The van der Waals surface area contributed by atoms with Gasteiger partial charge < -0.3 is 9.47 Å². The van der Waals surface area contributed by atoms with Crippen LogP contribution in [0.15, 0.2) is 66.3 Å². The number of hydrogen-bond donors (Lipinski definition) is 0. The number of nitrogens with zero attached hydrogens (tertiary/aromatic N) is 3. The summed E-state index contributed by atoms with van der Waals surface area (Å²) in [6, 6.07) is 15.7. The minimum Gasteiger partial charge on any atom is -0.497 e. The SMILES string of the molecule is C=CCSc1nnc(-c2ccc(OC)cc2)n1-c1ccc(OCC)cc1. The van der Waals surface area contributed by atoms with Gasteiger partial charge in [0.15, 0.2) is 11.0 Å². The van der Waals surface area contributed by atoms with Crippen LogP contribution in [0.25, 0.3) is 17.1 Å². The lowest BCUT2D eigenvalue weighted by Crippen LogP contribution is -2.00. The zero-order valence-electron chi connectivity index (χ0n) is 14.9. The van der Waals surface area contributed by atoms with E-state index in [4.69, 9.17) is 9.47 Å². The Morgan fingerprint density at radius 2 is 1.73 bits per heavy atom. The number of methoxy groups -OCH3 is 1. The molecule has 1 heterocycles. The maximum Gasteiger partial charge on any atom is 0.196 e. The van der Waals surface area contributed by atoms with Gasteiger partial charge in [0.25, 0.3) is 0 Å². The predicted molar refractivity (Wildman–Crippen MR) is 105 cm³/mol. The number of hydrogen-bond acceptors (Lipinski definition) is 5. The summed E-state index contributed by atoms with van der Waals surface area (Å²) in [7, 11) is 1.65. The minimum atomic E-state index is 0.642. The Bertz CT molecular complexity index is 858. The molecule has 0 bridgehead atoms. The van der Waals surface area contributed by atoms with Crippen LogP contribution in [0.5, 0.6) is 11.5 Å². The largest absolute Gasteiger partial charge is 0.497 e. The van der Waals surface area contributed by atoms with E-state index in [1.54, 1.807) is 18.9 Å². The molecule has 26 heavy (non-hydrogen) atoms. The lowest BCUT2D eigenvalue weighted by Gasteiger charge is -2.11. The third-order valence-corrected chi connectivity index (χ3v) is 4.64. The standard InChI is InChI=1S/C20H21N3O2S/c1-4-14-26-20-22-21-19(15-6-10-17(24-3)11-7-15)23(20)16-8-12-18(13-9-16)25-5-2/h4,6-13H,1,5,14H2,2-3H3. The number of thioether (sulfide) groups is 1. The summed E-state index contributed by atoms with van der Waals surface area (Å²) >= 11 is 1.59. The molecular formula is C20H21N3O2S. The molecule has 3 aromatic rings. The van der Waals surface area contributed by atoms with Gasteiger partial charge in [-0.05, 0) is 55.5 Å². The van der Waals surface area contributed by atoms with E-state index in [-0.39, 0.29) is 0 Å². The zero-order valence-corrected chi connectivity index (χ0v) is 15.7. The van der Waals surface area contributed by atoms with Crippen molar-refractivity contribution in [2.75, 3.05) is 19.5 Å². The Morgan fingerprint density at radius 3 is 2.35 bits per heavy atom. The minimum absolute atomic E-state index is 0.642. The molecule has 0 saturated heterocycles. The van der Waals surface area contributed by atoms with Gasteiger partial charge in [-0.2, -0.15) is 0 Å². The summed E-state index contributed by atoms with van der Waals surface area (Å²) in [6.45, 7) is 6.40. The molecule has 5 nitrogen and oxygen atoms in total. The van der Waals surface area contributed by atoms with E-state index >= 15 is 0 Å². The van der Waals surface area contributed by atoms with Crippen LogP contribution in [0.1, 0.15) is 6.92 Å². The summed E-state index contributed by atoms with van der Waals surface area (Å²) < 4.78 is 12.8. The van der Waals surface area contributed by atoms with E-state index in [1.807, 2.05) is 66.1 Å². The van der Waals surface area contributed by atoms with Crippen molar-refractivity contribution in [2.45, 2.75) is 12.1 Å². The van der Waals surface area contributed by atoms with Crippen LogP contribution in [-0.4, -0.2) is 34.2 Å². The molecule has 0 radical (unpaired) electrons. The number of aromatic nitrogens is 3. The van der Waals surface area contributed by atoms with Gasteiger partial charge in [0, 0.05) is 17.0 Å². The van der Waals surface area contributed by atoms with Crippen molar-refractivity contribution >= 4 is 11.8 Å². The zero-order chi connectivity index (χ0) is 18.4. The van der Waals surface area contributed by atoms with Crippen molar-refractivity contribution in [3.8, 4) is 28.6 Å². The lowest BCUT2D eigenvalue weighted by molar-refractivity contribution is 0.340. The normalized spacial score (nSPS) is 10.5. The fourth-order valence-corrected chi connectivity index (χ4v) is 3.20. The maximum absolute atomic E-state index is 5.54. The van der Waals surface area contributed by atoms with Gasteiger partial charge in [0.1, 0.15) is 11.5 Å². The first-order chi connectivity index (χ1) is 12.8. The molecule has 0 fully saturated rings. The first-order valence-corrected chi connectivity index (χ1v) is 9.32. The highest BCUT2D eigenvalue weighted by Crippen LogP contribution is 2.29. The Labute approximate surface area is 157 Å². The Morgan fingerprint density at radius 1 is 1.04 bits per heavy atom. The van der Waals surface area contributed by atoms with Crippen LogP contribution < -0.4 is 9.47 Å². The van der Waals surface area contributed by atoms with E-state index in [0.717, 1.165) is 39.5 Å². The van der Waals surface area contributed by atoms with Gasteiger partial charge in [-0.25, -0.2) is 0 Å². The molecule has 0 aliphatic rings. The van der Waals surface area contributed by atoms with Crippen LogP contribution in [0.2, 0.25) is 0 Å². The van der Waals surface area contributed by atoms with E-state index in [1.165, 1.54) is 0 Å². The first-order valence-electron chi connectivity index (χ1n) is 8.33.